The van der Waals surface area contributed by atoms with E-state index in [1.54, 1.807) is 30.1 Å². The summed E-state index contributed by atoms with van der Waals surface area (Å²) in [6.45, 7) is 2.37. The molecule has 2 fully saturated rings. The number of piperidine rings is 1. The first-order chi connectivity index (χ1) is 19.0. The minimum absolute atomic E-state index is 0.0125. The number of nitrogens with zero attached hydrogens (tertiary/aromatic N) is 6. The number of amides is 3. The molecule has 0 aliphatic carbocycles. The number of carbonyl (C=O) groups is 2. The Balaban J connectivity index is 1.28. The van der Waals surface area contributed by atoms with Crippen molar-refractivity contribution in [3.8, 4) is 16.9 Å². The van der Waals surface area contributed by atoms with Gasteiger partial charge in [-0.3, -0.25) is 4.79 Å². The van der Waals surface area contributed by atoms with Crippen molar-refractivity contribution in [2.24, 2.45) is 10.2 Å². The van der Waals surface area contributed by atoms with Crippen LogP contribution in [0.1, 0.15) is 50.6 Å². The molecule has 202 valence electrons. The molecule has 3 aliphatic heterocycles. The first-order valence-electron chi connectivity index (χ1n) is 13.2. The van der Waals surface area contributed by atoms with Crippen LogP contribution in [0.5, 0.6) is 5.75 Å². The molecule has 2 saturated heterocycles. The summed E-state index contributed by atoms with van der Waals surface area (Å²) >= 11 is 0. The smallest absolute Gasteiger partial charge is 0.319 e. The number of urea groups is 1. The van der Waals surface area contributed by atoms with E-state index in [4.69, 9.17) is 15.5 Å². The highest BCUT2D eigenvalue weighted by Crippen LogP contribution is 2.43. The van der Waals surface area contributed by atoms with Crippen LogP contribution < -0.4 is 21.1 Å². The summed E-state index contributed by atoms with van der Waals surface area (Å²) < 4.78 is 7.19. The molecule has 3 atom stereocenters. The zero-order chi connectivity index (χ0) is 27.1. The molecule has 3 aromatic rings. The summed E-state index contributed by atoms with van der Waals surface area (Å²) in [6, 6.07) is 7.45. The zero-order valence-electron chi connectivity index (χ0n) is 21.9. The van der Waals surface area contributed by atoms with Crippen molar-refractivity contribution in [2.45, 2.75) is 57.0 Å². The summed E-state index contributed by atoms with van der Waals surface area (Å²) in [6.07, 6.45) is 7.54. The maximum Gasteiger partial charge on any atom is 0.319 e. The highest BCUT2D eigenvalue weighted by Gasteiger charge is 2.45. The van der Waals surface area contributed by atoms with E-state index in [2.05, 4.69) is 25.9 Å². The van der Waals surface area contributed by atoms with Gasteiger partial charge >= 0.3 is 6.03 Å². The molecular weight excluding hydrogens is 498 g/mol. The molecule has 3 aliphatic rings. The first-order valence-corrected chi connectivity index (χ1v) is 13.2. The van der Waals surface area contributed by atoms with Crippen LogP contribution in [0.15, 0.2) is 40.7 Å². The van der Waals surface area contributed by atoms with E-state index in [0.29, 0.717) is 41.6 Å². The number of anilines is 2. The number of methoxy groups -OCH3 is 1. The Morgan fingerprint density at radius 3 is 2.67 bits per heavy atom. The molecule has 12 heteroatoms. The van der Waals surface area contributed by atoms with Crippen LogP contribution >= 0.6 is 0 Å². The second kappa shape index (κ2) is 10.0. The number of nitrogens with two attached hydrogens (primary N) is 1. The molecule has 12 nitrogen and oxygen atoms in total. The monoisotopic (exact) mass is 529 g/mol. The second-order valence-corrected chi connectivity index (χ2v) is 10.1. The first kappa shape index (κ1) is 24.8. The lowest BCUT2D eigenvalue weighted by Gasteiger charge is -2.38. The van der Waals surface area contributed by atoms with Gasteiger partial charge in [0.25, 0.3) is 5.91 Å². The van der Waals surface area contributed by atoms with Gasteiger partial charge in [-0.15, -0.1) is 5.10 Å². The fourth-order valence-corrected chi connectivity index (χ4v) is 6.02. The third-order valence-corrected chi connectivity index (χ3v) is 7.79. The highest BCUT2D eigenvalue weighted by atomic mass is 16.5. The molecule has 1 unspecified atom stereocenters. The summed E-state index contributed by atoms with van der Waals surface area (Å²) in [7, 11) is 1.56. The van der Waals surface area contributed by atoms with Gasteiger partial charge in [0.05, 0.1) is 19.0 Å². The molecular formula is C27H31N9O3. The number of hydrogen-bond acceptors (Lipinski definition) is 8. The topological polar surface area (TPSA) is 152 Å². The van der Waals surface area contributed by atoms with E-state index in [1.807, 2.05) is 30.0 Å². The lowest BCUT2D eigenvalue weighted by molar-refractivity contribution is -0.128. The van der Waals surface area contributed by atoms with E-state index in [1.165, 1.54) is 0 Å². The fraction of sp³-hybridized carbons (Fsp3) is 0.407. The minimum atomic E-state index is -0.301. The van der Waals surface area contributed by atoms with Crippen molar-refractivity contribution < 1.29 is 14.3 Å². The molecule has 2 bridgehead atoms. The lowest BCUT2D eigenvalue weighted by Crippen LogP contribution is -2.48. The van der Waals surface area contributed by atoms with E-state index < -0.39 is 0 Å². The maximum atomic E-state index is 13.1. The minimum Gasteiger partial charge on any atom is -0.495 e. The fourth-order valence-electron chi connectivity index (χ4n) is 6.02. The van der Waals surface area contributed by atoms with Crippen LogP contribution in [0.2, 0.25) is 0 Å². The molecule has 2 aromatic heterocycles. The molecule has 3 amide bonds. The quantitative estimate of drug-likeness (QED) is 0.446. The maximum absolute atomic E-state index is 13.1. The van der Waals surface area contributed by atoms with Crippen molar-refractivity contribution >= 4 is 41.0 Å². The predicted molar refractivity (Wildman–Crippen MR) is 148 cm³/mol. The van der Waals surface area contributed by atoms with Gasteiger partial charge in [-0.2, -0.15) is 14.7 Å². The van der Waals surface area contributed by atoms with Crippen LogP contribution in [0, 0.1) is 0 Å². The second-order valence-electron chi connectivity index (χ2n) is 10.1. The molecule has 1 aromatic carbocycles. The number of rotatable bonds is 6. The molecule has 4 N–H and O–H groups in total. The Morgan fingerprint density at radius 2 is 1.97 bits per heavy atom. The van der Waals surface area contributed by atoms with Crippen LogP contribution in [-0.2, 0) is 4.79 Å². The van der Waals surface area contributed by atoms with Crippen molar-refractivity contribution in [1.29, 1.82) is 0 Å². The van der Waals surface area contributed by atoms with Crippen molar-refractivity contribution in [2.75, 3.05) is 24.7 Å². The number of aromatic nitrogens is 3. The third-order valence-electron chi connectivity index (χ3n) is 7.79. The number of nitrogen functional groups attached to an aromatic ring is 1. The van der Waals surface area contributed by atoms with Gasteiger partial charge in [-0.1, -0.05) is 6.07 Å². The van der Waals surface area contributed by atoms with Crippen molar-refractivity contribution in [3.05, 3.63) is 36.2 Å². The number of nitrogens with one attached hydrogen (secondary N) is 2. The van der Waals surface area contributed by atoms with E-state index in [-0.39, 0.29) is 29.9 Å². The third kappa shape index (κ3) is 4.45. The standard InChI is InChI=1S/C27H31N9O3/c1-3-29-27(38)33-20-7-4-15(12-23(20)39-2)19-14-31-36-24(28)13-22(32-25(19)36)16-10-17-5-6-18(11-16)35(17)26(37)21-8-9-30-34-21/h4,7,9,12-14,16-18H,3,5-6,8,10-11,28H2,1-2H3,(H2,29,33,38)/t16?,17-,18+. The molecule has 0 saturated carbocycles. The predicted octanol–water partition coefficient (Wildman–Crippen LogP) is 3.20. The summed E-state index contributed by atoms with van der Waals surface area (Å²) in [5.41, 5.74) is 10.7. The average molecular weight is 530 g/mol. The summed E-state index contributed by atoms with van der Waals surface area (Å²) in [5, 5.41) is 17.9. The highest BCUT2D eigenvalue weighted by molar-refractivity contribution is 6.42. The lowest BCUT2D eigenvalue weighted by atomic mass is 9.87. The number of carbonyl (C=O) groups excluding carboxylic acids is 2. The molecule has 39 heavy (non-hydrogen) atoms. The van der Waals surface area contributed by atoms with Crippen molar-refractivity contribution in [1.82, 2.24) is 24.8 Å². The summed E-state index contributed by atoms with van der Waals surface area (Å²) in [5.74, 6) is 1.22. The van der Waals surface area contributed by atoms with Gasteiger partial charge < -0.3 is 26.0 Å². The van der Waals surface area contributed by atoms with Gasteiger partial charge in [0.15, 0.2) is 5.65 Å². The Kier molecular flexibility index (Phi) is 6.37. The van der Waals surface area contributed by atoms with Crippen LogP contribution in [0.4, 0.5) is 16.3 Å². The largest absolute Gasteiger partial charge is 0.495 e. The van der Waals surface area contributed by atoms with Gasteiger partial charge in [0.2, 0.25) is 0 Å². The average Bonchev–Trinajstić information content (AvgIpc) is 3.67. The van der Waals surface area contributed by atoms with Crippen LogP contribution in [0.25, 0.3) is 16.8 Å². The zero-order valence-corrected chi connectivity index (χ0v) is 21.9. The number of benzene rings is 1. The van der Waals surface area contributed by atoms with E-state index >= 15 is 0 Å². The number of fused-ring (bicyclic) bond motifs is 3. The molecule has 5 heterocycles. The van der Waals surface area contributed by atoms with Crippen LogP contribution in [0.3, 0.4) is 0 Å². The Hall–Kier alpha value is -4.48. The Bertz CT molecular complexity index is 1500. The van der Waals surface area contributed by atoms with Crippen LogP contribution in [-0.4, -0.2) is 69.1 Å². The molecule has 0 radical (unpaired) electrons. The molecule has 0 spiro atoms. The van der Waals surface area contributed by atoms with Gasteiger partial charge in [-0.05, 0) is 50.3 Å². The van der Waals surface area contributed by atoms with Gasteiger partial charge in [0, 0.05) is 54.5 Å². The normalized spacial score (nSPS) is 21.7. The SMILES string of the molecule is CCNC(=O)Nc1ccc(-c2cnn3c(N)cc(C4C[C@H]5CC[C@@H](C4)N5C(=O)C4=NN=CC4)nc23)cc1OC. The number of hydrogen-bond donors (Lipinski definition) is 3. The Morgan fingerprint density at radius 1 is 1.18 bits per heavy atom. The van der Waals surface area contributed by atoms with Gasteiger partial charge in [0.1, 0.15) is 17.3 Å². The Labute approximate surface area is 225 Å². The summed E-state index contributed by atoms with van der Waals surface area (Å²) in [4.78, 5) is 32.2. The van der Waals surface area contributed by atoms with Gasteiger partial charge in [-0.25, -0.2) is 9.78 Å². The van der Waals surface area contributed by atoms with E-state index in [9.17, 15) is 9.59 Å². The molecule has 6 rings (SSSR count). The van der Waals surface area contributed by atoms with E-state index in [0.717, 1.165) is 42.5 Å². The van der Waals surface area contributed by atoms with Crippen molar-refractivity contribution in [3.63, 3.8) is 0 Å². The number of ether oxygens (including phenoxy) is 1.